The van der Waals surface area contributed by atoms with Crippen LogP contribution in [-0.4, -0.2) is 5.78 Å². The monoisotopic (exact) mass is 250 g/mol. The molecule has 104 valence electrons. The van der Waals surface area contributed by atoms with Crippen molar-refractivity contribution in [2.45, 2.75) is 89.9 Å². The lowest BCUT2D eigenvalue weighted by Gasteiger charge is -2.02. The van der Waals surface area contributed by atoms with Gasteiger partial charge in [0.1, 0.15) is 5.78 Å². The van der Waals surface area contributed by atoms with E-state index < -0.39 is 0 Å². The van der Waals surface area contributed by atoms with Crippen molar-refractivity contribution in [3.63, 3.8) is 0 Å². The lowest BCUT2D eigenvalue weighted by atomic mass is 10.0. The fourth-order valence-corrected chi connectivity index (χ4v) is 2.60. The van der Waals surface area contributed by atoms with Gasteiger partial charge < -0.3 is 0 Å². The Morgan fingerprint density at radius 2 is 1.00 bits per heavy atom. The standard InChI is InChI=1S/C17H30O/c18-17-15-13-11-9-7-5-3-1-2-4-6-8-10-12-14-16-17/h7,9H,1-6,8,10-16H2. The van der Waals surface area contributed by atoms with Crippen LogP contribution in [-0.2, 0) is 4.79 Å². The first-order valence-electron chi connectivity index (χ1n) is 8.06. The van der Waals surface area contributed by atoms with Crippen molar-refractivity contribution in [3.8, 4) is 0 Å². The molecule has 1 rings (SSSR count). The van der Waals surface area contributed by atoms with Crippen molar-refractivity contribution < 1.29 is 4.79 Å². The van der Waals surface area contributed by atoms with Crippen LogP contribution >= 0.6 is 0 Å². The molecule has 0 aromatic heterocycles. The van der Waals surface area contributed by atoms with Gasteiger partial charge in [-0.15, -0.1) is 0 Å². The summed E-state index contributed by atoms with van der Waals surface area (Å²) in [4.78, 5) is 11.6. The molecule has 0 amide bonds. The maximum absolute atomic E-state index is 11.6. The second-order valence-corrected chi connectivity index (χ2v) is 5.62. The predicted octanol–water partition coefficient (Wildman–Crippen LogP) is 5.59. The summed E-state index contributed by atoms with van der Waals surface area (Å²) in [6, 6.07) is 0. The largest absolute Gasteiger partial charge is 0.300 e. The SMILES string of the molecule is O=C1CCCC=CCCCCCCCCCCC1. The molecule has 0 aromatic rings. The van der Waals surface area contributed by atoms with Gasteiger partial charge in [0.05, 0.1) is 0 Å². The Bertz CT molecular complexity index is 230. The number of carbonyl (C=O) groups excluding carboxylic acids is 1. The van der Waals surface area contributed by atoms with Gasteiger partial charge in [0.25, 0.3) is 0 Å². The molecule has 1 aliphatic carbocycles. The lowest BCUT2D eigenvalue weighted by Crippen LogP contribution is -1.97. The summed E-state index contributed by atoms with van der Waals surface area (Å²) in [5.41, 5.74) is 0. The van der Waals surface area contributed by atoms with Crippen LogP contribution in [0.3, 0.4) is 0 Å². The van der Waals surface area contributed by atoms with Gasteiger partial charge in [0, 0.05) is 12.8 Å². The normalized spacial score (nSPS) is 22.6. The molecule has 0 atom stereocenters. The quantitative estimate of drug-likeness (QED) is 0.512. The topological polar surface area (TPSA) is 17.1 Å². The first-order valence-corrected chi connectivity index (χ1v) is 8.06. The van der Waals surface area contributed by atoms with E-state index >= 15 is 0 Å². The number of allylic oxidation sites excluding steroid dienone is 2. The molecule has 1 aliphatic rings. The van der Waals surface area contributed by atoms with Crippen LogP contribution in [0.2, 0.25) is 0 Å². The number of rotatable bonds is 0. The van der Waals surface area contributed by atoms with Crippen molar-refractivity contribution in [1.82, 2.24) is 0 Å². The van der Waals surface area contributed by atoms with Crippen molar-refractivity contribution in [2.75, 3.05) is 0 Å². The molecule has 0 saturated carbocycles. The third-order valence-electron chi connectivity index (χ3n) is 3.82. The van der Waals surface area contributed by atoms with E-state index in [1.54, 1.807) is 0 Å². The zero-order chi connectivity index (χ0) is 12.9. The molecule has 18 heavy (non-hydrogen) atoms. The molecule has 0 fully saturated rings. The van der Waals surface area contributed by atoms with Gasteiger partial charge in [-0.25, -0.2) is 0 Å². The van der Waals surface area contributed by atoms with Crippen LogP contribution in [0.4, 0.5) is 0 Å². The zero-order valence-electron chi connectivity index (χ0n) is 12.0. The van der Waals surface area contributed by atoms with E-state index in [0.29, 0.717) is 5.78 Å². The predicted molar refractivity (Wildman–Crippen MR) is 78.8 cm³/mol. The van der Waals surface area contributed by atoms with Gasteiger partial charge in [0.15, 0.2) is 0 Å². The molecule has 1 heteroatoms. The fraction of sp³-hybridized carbons (Fsp3) is 0.824. The molecule has 1 nitrogen and oxygen atoms in total. The summed E-state index contributed by atoms with van der Waals surface area (Å²) >= 11 is 0. The van der Waals surface area contributed by atoms with Crippen LogP contribution in [0.25, 0.3) is 0 Å². The third kappa shape index (κ3) is 9.44. The van der Waals surface area contributed by atoms with Gasteiger partial charge in [-0.3, -0.25) is 4.79 Å². The molecule has 0 spiro atoms. The summed E-state index contributed by atoms with van der Waals surface area (Å²) in [5.74, 6) is 0.479. The second-order valence-electron chi connectivity index (χ2n) is 5.62. The zero-order valence-corrected chi connectivity index (χ0v) is 12.0. The molecular formula is C17H30O. The van der Waals surface area contributed by atoms with E-state index in [9.17, 15) is 4.79 Å². The van der Waals surface area contributed by atoms with Gasteiger partial charge in [-0.1, -0.05) is 57.1 Å². The smallest absolute Gasteiger partial charge is 0.132 e. The van der Waals surface area contributed by atoms with E-state index in [1.165, 1.54) is 57.8 Å². The van der Waals surface area contributed by atoms with E-state index in [-0.39, 0.29) is 0 Å². The van der Waals surface area contributed by atoms with Crippen molar-refractivity contribution in [3.05, 3.63) is 12.2 Å². The second kappa shape index (κ2) is 11.5. The van der Waals surface area contributed by atoms with E-state index in [4.69, 9.17) is 0 Å². The summed E-state index contributed by atoms with van der Waals surface area (Å²) in [6.07, 6.45) is 21.6. The first kappa shape index (κ1) is 15.5. The highest BCUT2D eigenvalue weighted by molar-refractivity contribution is 5.78. The highest BCUT2D eigenvalue weighted by Gasteiger charge is 2.01. The molecule has 0 unspecified atom stereocenters. The minimum absolute atomic E-state index is 0.479. The maximum atomic E-state index is 11.6. The average Bonchev–Trinajstić information content (AvgIpc) is 2.37. The molecule has 0 saturated heterocycles. The van der Waals surface area contributed by atoms with Crippen LogP contribution in [0.1, 0.15) is 89.9 Å². The van der Waals surface area contributed by atoms with Crippen molar-refractivity contribution >= 4 is 5.78 Å². The van der Waals surface area contributed by atoms with Gasteiger partial charge >= 0.3 is 0 Å². The number of hydrogen-bond acceptors (Lipinski definition) is 1. The highest BCUT2D eigenvalue weighted by atomic mass is 16.1. The van der Waals surface area contributed by atoms with Crippen molar-refractivity contribution in [1.29, 1.82) is 0 Å². The first-order chi connectivity index (χ1) is 8.89. The van der Waals surface area contributed by atoms with E-state index in [2.05, 4.69) is 12.2 Å². The molecule has 0 bridgehead atoms. The fourth-order valence-electron chi connectivity index (χ4n) is 2.60. The molecular weight excluding hydrogens is 220 g/mol. The van der Waals surface area contributed by atoms with Crippen LogP contribution < -0.4 is 0 Å². The Morgan fingerprint density at radius 1 is 0.556 bits per heavy atom. The Morgan fingerprint density at radius 3 is 1.67 bits per heavy atom. The molecule has 0 aromatic carbocycles. The van der Waals surface area contributed by atoms with Gasteiger partial charge in [-0.05, 0) is 32.1 Å². The Kier molecular flexibility index (Phi) is 9.88. The number of Topliss-reactive ketones (excluding diaryl/α,β-unsaturated/α-hetero) is 1. The minimum atomic E-state index is 0.479. The Balaban J connectivity index is 2.18. The summed E-state index contributed by atoms with van der Waals surface area (Å²) in [6.45, 7) is 0. The molecule has 0 radical (unpaired) electrons. The molecule has 0 heterocycles. The lowest BCUT2D eigenvalue weighted by molar-refractivity contribution is -0.119. The van der Waals surface area contributed by atoms with Crippen LogP contribution in [0, 0.1) is 0 Å². The Hall–Kier alpha value is -0.590. The van der Waals surface area contributed by atoms with Crippen molar-refractivity contribution in [2.24, 2.45) is 0 Å². The maximum Gasteiger partial charge on any atom is 0.132 e. The highest BCUT2D eigenvalue weighted by Crippen LogP contribution is 2.13. The summed E-state index contributed by atoms with van der Waals surface area (Å²) in [5, 5.41) is 0. The van der Waals surface area contributed by atoms with Crippen LogP contribution in [0.15, 0.2) is 12.2 Å². The molecule has 0 N–H and O–H groups in total. The average molecular weight is 250 g/mol. The van der Waals surface area contributed by atoms with E-state index in [1.807, 2.05) is 0 Å². The number of carbonyl (C=O) groups is 1. The third-order valence-corrected chi connectivity index (χ3v) is 3.82. The molecule has 0 aliphatic heterocycles. The summed E-state index contributed by atoms with van der Waals surface area (Å²) in [7, 11) is 0. The van der Waals surface area contributed by atoms with Crippen LogP contribution in [0.5, 0.6) is 0 Å². The minimum Gasteiger partial charge on any atom is -0.300 e. The van der Waals surface area contributed by atoms with E-state index in [0.717, 1.165) is 32.1 Å². The number of hydrogen-bond donors (Lipinski definition) is 0. The number of ketones is 1. The van der Waals surface area contributed by atoms with Gasteiger partial charge in [-0.2, -0.15) is 0 Å². The van der Waals surface area contributed by atoms with Gasteiger partial charge in [0.2, 0.25) is 0 Å². The Labute approximate surface area is 113 Å². The summed E-state index contributed by atoms with van der Waals surface area (Å²) < 4.78 is 0.